The molecule has 1 saturated heterocycles. The van der Waals surface area contributed by atoms with E-state index in [9.17, 15) is 0 Å². The van der Waals surface area contributed by atoms with E-state index in [2.05, 4.69) is 27.7 Å². The largest absolute Gasteiger partial charge is 0.381 e. The van der Waals surface area contributed by atoms with E-state index < -0.39 is 0 Å². The number of rotatable bonds is 6. The average Bonchev–Trinajstić information content (AvgIpc) is 2.81. The van der Waals surface area contributed by atoms with Crippen molar-refractivity contribution in [3.63, 3.8) is 0 Å². The summed E-state index contributed by atoms with van der Waals surface area (Å²) in [6, 6.07) is 0.398. The van der Waals surface area contributed by atoms with Crippen LogP contribution in [-0.2, 0) is 18.2 Å². The van der Waals surface area contributed by atoms with Crippen LogP contribution in [0.4, 0.5) is 0 Å². The predicted molar refractivity (Wildman–Crippen MR) is 68.1 cm³/mol. The molecule has 0 spiro atoms. The minimum absolute atomic E-state index is 0.398. The Hall–Kier alpha value is -1.01. The first kappa shape index (κ1) is 13.4. The highest BCUT2D eigenvalue weighted by molar-refractivity contribution is 4.89. The number of hydrogen-bond acceptors (Lipinski definition) is 5. The Balaban J connectivity index is 1.94. The van der Waals surface area contributed by atoms with Crippen LogP contribution in [0.25, 0.3) is 0 Å². The number of hydrogen-bond donors (Lipinski definition) is 1. The van der Waals surface area contributed by atoms with Crippen molar-refractivity contribution >= 4 is 0 Å². The molecule has 6 heteroatoms. The van der Waals surface area contributed by atoms with E-state index in [-0.39, 0.29) is 0 Å². The van der Waals surface area contributed by atoms with E-state index in [1.807, 2.05) is 0 Å². The summed E-state index contributed by atoms with van der Waals surface area (Å²) < 4.78 is 5.58. The Morgan fingerprint density at radius 3 is 3.06 bits per heavy atom. The molecule has 0 aliphatic carbocycles. The fourth-order valence-electron chi connectivity index (χ4n) is 2.42. The molecule has 102 valence electrons. The highest BCUT2D eigenvalue weighted by atomic mass is 16.5. The van der Waals surface area contributed by atoms with E-state index >= 15 is 0 Å². The molecule has 2 heterocycles. The lowest BCUT2D eigenvalue weighted by Gasteiger charge is -2.30. The van der Waals surface area contributed by atoms with Crippen LogP contribution in [0.3, 0.4) is 0 Å². The zero-order chi connectivity index (χ0) is 12.8. The second-order valence-electron chi connectivity index (χ2n) is 4.94. The highest BCUT2D eigenvalue weighted by Gasteiger charge is 2.25. The number of nitrogens with zero attached hydrogens (tertiary/aromatic N) is 4. The fraction of sp³-hybridized carbons (Fsp3) is 0.917. The third kappa shape index (κ3) is 3.74. The molecule has 0 saturated carbocycles. The minimum Gasteiger partial charge on any atom is -0.381 e. The fourth-order valence-corrected chi connectivity index (χ4v) is 2.42. The van der Waals surface area contributed by atoms with Gasteiger partial charge in [-0.2, -0.15) is 4.80 Å². The lowest BCUT2D eigenvalue weighted by Crippen LogP contribution is -2.42. The third-order valence-electron chi connectivity index (χ3n) is 3.37. The Labute approximate surface area is 108 Å². The third-order valence-corrected chi connectivity index (χ3v) is 3.37. The van der Waals surface area contributed by atoms with Crippen molar-refractivity contribution in [2.45, 2.75) is 38.6 Å². The van der Waals surface area contributed by atoms with Gasteiger partial charge in [0, 0.05) is 19.1 Å². The SMILES string of the molecule is CCCNC(Cc1nnn(C)n1)C1CCCOC1. The molecule has 1 aliphatic rings. The van der Waals surface area contributed by atoms with Crippen LogP contribution >= 0.6 is 0 Å². The van der Waals surface area contributed by atoms with Gasteiger partial charge in [0.2, 0.25) is 0 Å². The van der Waals surface area contributed by atoms with Crippen LogP contribution < -0.4 is 5.32 Å². The van der Waals surface area contributed by atoms with Crippen LogP contribution in [0.5, 0.6) is 0 Å². The van der Waals surface area contributed by atoms with Gasteiger partial charge in [0.25, 0.3) is 0 Å². The van der Waals surface area contributed by atoms with Gasteiger partial charge in [-0.25, -0.2) is 0 Å². The van der Waals surface area contributed by atoms with Gasteiger partial charge < -0.3 is 10.1 Å². The summed E-state index contributed by atoms with van der Waals surface area (Å²) in [4.78, 5) is 1.52. The van der Waals surface area contributed by atoms with Gasteiger partial charge in [0.1, 0.15) is 0 Å². The van der Waals surface area contributed by atoms with Gasteiger partial charge in [-0.05, 0) is 36.9 Å². The molecule has 0 amide bonds. The van der Waals surface area contributed by atoms with Gasteiger partial charge in [-0.3, -0.25) is 0 Å². The summed E-state index contributed by atoms with van der Waals surface area (Å²) in [7, 11) is 1.80. The van der Waals surface area contributed by atoms with Gasteiger partial charge in [0.15, 0.2) is 5.82 Å². The molecule has 1 N–H and O–H groups in total. The summed E-state index contributed by atoms with van der Waals surface area (Å²) in [6.07, 6.45) is 4.35. The van der Waals surface area contributed by atoms with Crippen molar-refractivity contribution in [1.29, 1.82) is 0 Å². The van der Waals surface area contributed by atoms with Crippen molar-refractivity contribution in [2.75, 3.05) is 19.8 Å². The summed E-state index contributed by atoms with van der Waals surface area (Å²) in [5.41, 5.74) is 0. The monoisotopic (exact) mass is 253 g/mol. The van der Waals surface area contributed by atoms with Crippen LogP contribution in [0.1, 0.15) is 32.0 Å². The summed E-state index contributed by atoms with van der Waals surface area (Å²) >= 11 is 0. The first-order valence-electron chi connectivity index (χ1n) is 6.83. The molecule has 6 nitrogen and oxygen atoms in total. The first-order valence-corrected chi connectivity index (χ1v) is 6.83. The maximum Gasteiger partial charge on any atom is 0.176 e. The Morgan fingerprint density at radius 2 is 2.44 bits per heavy atom. The average molecular weight is 253 g/mol. The Bertz CT molecular complexity index is 348. The number of nitrogens with one attached hydrogen (secondary N) is 1. The van der Waals surface area contributed by atoms with Gasteiger partial charge in [-0.1, -0.05) is 6.92 Å². The second kappa shape index (κ2) is 6.80. The van der Waals surface area contributed by atoms with Gasteiger partial charge in [0.05, 0.1) is 13.7 Å². The molecule has 2 unspecified atom stereocenters. The smallest absolute Gasteiger partial charge is 0.176 e. The molecule has 18 heavy (non-hydrogen) atoms. The topological polar surface area (TPSA) is 64.9 Å². The number of ether oxygens (including phenoxy) is 1. The number of aryl methyl sites for hydroxylation is 1. The maximum absolute atomic E-state index is 5.58. The molecule has 1 aliphatic heterocycles. The molecule has 0 bridgehead atoms. The minimum atomic E-state index is 0.398. The molecule has 1 aromatic rings. The highest BCUT2D eigenvalue weighted by Crippen LogP contribution is 2.19. The van der Waals surface area contributed by atoms with Gasteiger partial charge in [-0.15, -0.1) is 10.2 Å². The van der Waals surface area contributed by atoms with Crippen molar-refractivity contribution in [3.05, 3.63) is 5.82 Å². The standard InChI is InChI=1S/C12H23N5O/c1-3-6-13-11(10-5-4-7-18-9-10)8-12-14-16-17(2)15-12/h10-11,13H,3-9H2,1-2H3. The Kier molecular flexibility index (Phi) is 5.07. The summed E-state index contributed by atoms with van der Waals surface area (Å²) in [6.45, 7) is 4.96. The van der Waals surface area contributed by atoms with Crippen molar-refractivity contribution in [2.24, 2.45) is 13.0 Å². The Morgan fingerprint density at radius 1 is 1.56 bits per heavy atom. The summed E-state index contributed by atoms with van der Waals surface area (Å²) in [5.74, 6) is 1.38. The zero-order valence-corrected chi connectivity index (χ0v) is 11.3. The first-order chi connectivity index (χ1) is 8.79. The van der Waals surface area contributed by atoms with Crippen LogP contribution in [0, 0.1) is 5.92 Å². The van der Waals surface area contributed by atoms with Crippen molar-refractivity contribution < 1.29 is 4.74 Å². The van der Waals surface area contributed by atoms with Crippen LogP contribution in [0.15, 0.2) is 0 Å². The molecule has 1 aromatic heterocycles. The zero-order valence-electron chi connectivity index (χ0n) is 11.3. The van der Waals surface area contributed by atoms with Crippen LogP contribution in [0.2, 0.25) is 0 Å². The molecule has 0 aromatic carbocycles. The molecular formula is C12H23N5O. The maximum atomic E-state index is 5.58. The van der Waals surface area contributed by atoms with Crippen molar-refractivity contribution in [3.8, 4) is 0 Å². The van der Waals surface area contributed by atoms with E-state index in [0.717, 1.165) is 44.8 Å². The lowest BCUT2D eigenvalue weighted by molar-refractivity contribution is 0.0390. The van der Waals surface area contributed by atoms with Gasteiger partial charge >= 0.3 is 0 Å². The molecular weight excluding hydrogens is 230 g/mol. The second-order valence-corrected chi connectivity index (χ2v) is 4.94. The normalized spacial score (nSPS) is 22.0. The van der Waals surface area contributed by atoms with E-state index in [0.29, 0.717) is 12.0 Å². The predicted octanol–water partition coefficient (Wildman–Crippen LogP) is 0.547. The molecule has 0 radical (unpaired) electrons. The van der Waals surface area contributed by atoms with E-state index in [1.54, 1.807) is 7.05 Å². The number of tetrazole rings is 1. The van der Waals surface area contributed by atoms with Crippen molar-refractivity contribution in [1.82, 2.24) is 25.5 Å². The quantitative estimate of drug-likeness (QED) is 0.802. The molecule has 2 atom stereocenters. The van der Waals surface area contributed by atoms with E-state index in [1.165, 1.54) is 11.2 Å². The van der Waals surface area contributed by atoms with E-state index in [4.69, 9.17) is 4.74 Å². The molecule has 2 rings (SSSR count). The summed E-state index contributed by atoms with van der Waals surface area (Å²) in [5, 5.41) is 15.8. The lowest BCUT2D eigenvalue weighted by atomic mass is 9.91. The number of aromatic nitrogens is 4. The van der Waals surface area contributed by atoms with Crippen LogP contribution in [-0.4, -0.2) is 46.0 Å². The molecule has 1 fully saturated rings.